The first-order valence-electron chi connectivity index (χ1n) is 12.1. The third kappa shape index (κ3) is 10.6. The Balaban J connectivity index is 2.15. The van der Waals surface area contributed by atoms with Gasteiger partial charge in [0.25, 0.3) is 0 Å². The average molecular weight is 463 g/mol. The number of unbranched alkanes of at least 4 members (excludes halogenated alkanes) is 1. The third-order valence-corrected chi connectivity index (χ3v) is 5.13. The van der Waals surface area contributed by atoms with E-state index in [4.69, 9.17) is 14.2 Å². The summed E-state index contributed by atoms with van der Waals surface area (Å²) in [5.74, 6) is 0. The minimum Gasteiger partial charge on any atom is -0.443 e. The Morgan fingerprint density at radius 2 is 1.45 bits per heavy atom. The fourth-order valence-electron chi connectivity index (χ4n) is 3.65. The van der Waals surface area contributed by atoms with Gasteiger partial charge in [0, 0.05) is 0 Å². The smallest absolute Gasteiger partial charge is 0.422 e. The number of benzene rings is 1. The van der Waals surface area contributed by atoms with Crippen LogP contribution in [0.5, 0.6) is 0 Å². The monoisotopic (exact) mass is 462 g/mol. The highest BCUT2D eigenvalue weighted by atomic mass is 16.6. The van der Waals surface area contributed by atoms with Crippen LogP contribution < -0.4 is 0 Å². The lowest BCUT2D eigenvalue weighted by atomic mass is 10.2. The molecule has 0 spiro atoms. The lowest BCUT2D eigenvalue weighted by Crippen LogP contribution is -2.50. The molecule has 1 aliphatic rings. The second-order valence-corrected chi connectivity index (χ2v) is 10.6. The quantitative estimate of drug-likeness (QED) is 0.333. The number of hydrogen-bond acceptors (Lipinski definition) is 6. The zero-order valence-electron chi connectivity index (χ0n) is 21.3. The molecule has 33 heavy (non-hydrogen) atoms. The van der Waals surface area contributed by atoms with Gasteiger partial charge < -0.3 is 19.1 Å². The molecule has 186 valence electrons. The maximum Gasteiger partial charge on any atom is 0.422 e. The van der Waals surface area contributed by atoms with Crippen LogP contribution in [0.1, 0.15) is 79.2 Å². The second-order valence-electron chi connectivity index (χ2n) is 10.6. The molecule has 7 nitrogen and oxygen atoms in total. The van der Waals surface area contributed by atoms with E-state index in [9.17, 15) is 9.59 Å². The molecule has 1 heterocycles. The number of hydrogen-bond donors (Lipinski definition) is 0. The standard InChI is InChI=1S/C26H42N2O5/c1-25(2,3)32-23(29)28(24(30)33-26(4,5)6)22(31-20-21-14-8-7-9-15-21)16-10-11-17-27-18-12-13-19-27/h7-9,14-15,22H,10-13,16-20H2,1-6H3. The summed E-state index contributed by atoms with van der Waals surface area (Å²) < 4.78 is 17.3. The van der Waals surface area contributed by atoms with E-state index in [2.05, 4.69) is 4.90 Å². The van der Waals surface area contributed by atoms with E-state index in [1.54, 1.807) is 41.5 Å². The lowest BCUT2D eigenvalue weighted by molar-refractivity contribution is -0.0814. The number of ether oxygens (including phenoxy) is 3. The van der Waals surface area contributed by atoms with E-state index < -0.39 is 29.6 Å². The number of likely N-dealkylation sites (tertiary alicyclic amines) is 1. The molecule has 2 amide bonds. The molecular formula is C26H42N2O5. The Kier molecular flexibility index (Phi) is 10.2. The minimum atomic E-state index is -0.784. The number of rotatable bonds is 9. The first-order chi connectivity index (χ1) is 15.4. The summed E-state index contributed by atoms with van der Waals surface area (Å²) in [6.07, 6.45) is 2.53. The first-order valence-corrected chi connectivity index (χ1v) is 12.1. The number of carbonyl (C=O) groups is 2. The van der Waals surface area contributed by atoms with Crippen LogP contribution in [-0.2, 0) is 20.8 Å². The van der Waals surface area contributed by atoms with Crippen molar-refractivity contribution < 1.29 is 23.8 Å². The van der Waals surface area contributed by atoms with Crippen molar-refractivity contribution in [2.45, 2.75) is 97.7 Å². The molecular weight excluding hydrogens is 420 g/mol. The SMILES string of the molecule is CC(C)(C)OC(=O)N(C(=O)OC(C)(C)C)C(CCCCN1CCCC1)OCc1ccccc1. The molecule has 1 saturated heterocycles. The van der Waals surface area contributed by atoms with Crippen molar-refractivity contribution in [2.24, 2.45) is 0 Å². The summed E-state index contributed by atoms with van der Waals surface area (Å²) in [7, 11) is 0. The Bertz CT molecular complexity index is 705. The van der Waals surface area contributed by atoms with Gasteiger partial charge in [-0.15, -0.1) is 0 Å². The van der Waals surface area contributed by atoms with E-state index in [0.29, 0.717) is 6.42 Å². The predicted molar refractivity (Wildman–Crippen MR) is 129 cm³/mol. The maximum atomic E-state index is 13.1. The van der Waals surface area contributed by atoms with Crippen LogP contribution in [0.15, 0.2) is 30.3 Å². The van der Waals surface area contributed by atoms with Gasteiger partial charge in [-0.05, 0) is 98.8 Å². The molecule has 0 N–H and O–H groups in total. The molecule has 0 saturated carbocycles. The van der Waals surface area contributed by atoms with Crippen LogP contribution in [0, 0.1) is 0 Å². The first kappa shape index (κ1) is 27.1. The van der Waals surface area contributed by atoms with E-state index >= 15 is 0 Å². The molecule has 0 aromatic heterocycles. The summed E-state index contributed by atoms with van der Waals surface area (Å²) in [5, 5.41) is 0. The highest BCUT2D eigenvalue weighted by Gasteiger charge is 2.37. The van der Waals surface area contributed by atoms with Crippen molar-refractivity contribution in [1.29, 1.82) is 0 Å². The van der Waals surface area contributed by atoms with Crippen molar-refractivity contribution in [1.82, 2.24) is 9.80 Å². The fraction of sp³-hybridized carbons (Fsp3) is 0.692. The zero-order chi connectivity index (χ0) is 24.5. The molecule has 0 radical (unpaired) electrons. The van der Waals surface area contributed by atoms with Gasteiger partial charge in [0.1, 0.15) is 17.4 Å². The van der Waals surface area contributed by atoms with Crippen LogP contribution in [0.2, 0.25) is 0 Å². The predicted octanol–water partition coefficient (Wildman–Crippen LogP) is 5.97. The number of amides is 2. The van der Waals surface area contributed by atoms with E-state index in [1.165, 1.54) is 12.8 Å². The van der Waals surface area contributed by atoms with Gasteiger partial charge in [-0.1, -0.05) is 30.3 Å². The lowest BCUT2D eigenvalue weighted by Gasteiger charge is -2.33. The molecule has 1 aromatic carbocycles. The van der Waals surface area contributed by atoms with Gasteiger partial charge in [0.2, 0.25) is 0 Å². The van der Waals surface area contributed by atoms with E-state index in [1.807, 2.05) is 30.3 Å². The molecule has 1 fully saturated rings. The van der Waals surface area contributed by atoms with Crippen LogP contribution in [-0.4, -0.2) is 59.1 Å². The van der Waals surface area contributed by atoms with Gasteiger partial charge >= 0.3 is 12.2 Å². The van der Waals surface area contributed by atoms with Crippen molar-refractivity contribution in [3.8, 4) is 0 Å². The Morgan fingerprint density at radius 3 is 1.97 bits per heavy atom. The van der Waals surface area contributed by atoms with Crippen LogP contribution >= 0.6 is 0 Å². The zero-order valence-corrected chi connectivity index (χ0v) is 21.3. The number of nitrogens with zero attached hydrogens (tertiary/aromatic N) is 2. The van der Waals surface area contributed by atoms with Crippen molar-refractivity contribution in [3.05, 3.63) is 35.9 Å². The second kappa shape index (κ2) is 12.4. The topological polar surface area (TPSA) is 68.3 Å². The van der Waals surface area contributed by atoms with Crippen LogP contribution in [0.4, 0.5) is 9.59 Å². The molecule has 2 rings (SSSR count). The van der Waals surface area contributed by atoms with Crippen LogP contribution in [0.25, 0.3) is 0 Å². The molecule has 1 atom stereocenters. The minimum absolute atomic E-state index is 0.278. The Labute approximate surface area is 199 Å². The van der Waals surface area contributed by atoms with Crippen molar-refractivity contribution >= 4 is 12.2 Å². The largest absolute Gasteiger partial charge is 0.443 e. The fourth-order valence-corrected chi connectivity index (χ4v) is 3.65. The van der Waals surface area contributed by atoms with E-state index in [-0.39, 0.29) is 6.61 Å². The van der Waals surface area contributed by atoms with Crippen molar-refractivity contribution in [2.75, 3.05) is 19.6 Å². The molecule has 0 aliphatic carbocycles. The van der Waals surface area contributed by atoms with Gasteiger partial charge in [-0.3, -0.25) is 0 Å². The maximum absolute atomic E-state index is 13.1. The summed E-state index contributed by atoms with van der Waals surface area (Å²) in [6, 6.07) is 9.71. The highest BCUT2D eigenvalue weighted by Crippen LogP contribution is 2.21. The Morgan fingerprint density at radius 1 is 0.909 bits per heavy atom. The summed E-state index contributed by atoms with van der Waals surface area (Å²) in [6.45, 7) is 14.2. The molecule has 0 bridgehead atoms. The molecule has 7 heteroatoms. The molecule has 1 aliphatic heterocycles. The highest BCUT2D eigenvalue weighted by molar-refractivity contribution is 5.88. The van der Waals surface area contributed by atoms with Crippen LogP contribution in [0.3, 0.4) is 0 Å². The van der Waals surface area contributed by atoms with Gasteiger partial charge in [-0.2, -0.15) is 4.90 Å². The van der Waals surface area contributed by atoms with Gasteiger partial charge in [0.15, 0.2) is 0 Å². The van der Waals surface area contributed by atoms with E-state index in [0.717, 1.165) is 42.9 Å². The number of imide groups is 1. The normalized spacial score (nSPS) is 15.8. The summed E-state index contributed by atoms with van der Waals surface area (Å²) in [4.78, 5) is 29.7. The van der Waals surface area contributed by atoms with Gasteiger partial charge in [-0.25, -0.2) is 9.59 Å². The molecule has 1 unspecified atom stereocenters. The van der Waals surface area contributed by atoms with Crippen molar-refractivity contribution in [3.63, 3.8) is 0 Å². The summed E-state index contributed by atoms with van der Waals surface area (Å²) >= 11 is 0. The third-order valence-electron chi connectivity index (χ3n) is 5.13. The average Bonchev–Trinajstić information content (AvgIpc) is 3.20. The van der Waals surface area contributed by atoms with Gasteiger partial charge in [0.05, 0.1) is 6.61 Å². The number of carbonyl (C=O) groups excluding carboxylic acids is 2. The molecule has 1 aromatic rings. The summed E-state index contributed by atoms with van der Waals surface area (Å²) in [5.41, 5.74) is -0.540. The Hall–Kier alpha value is -2.12.